The van der Waals surface area contributed by atoms with Gasteiger partial charge in [-0.05, 0) is 31.7 Å². The minimum absolute atomic E-state index is 0.145. The normalized spacial score (nSPS) is 22.4. The zero-order chi connectivity index (χ0) is 14.5. The van der Waals surface area contributed by atoms with Crippen LogP contribution in [0.25, 0.3) is 0 Å². The van der Waals surface area contributed by atoms with Crippen molar-refractivity contribution < 1.29 is 9.53 Å². The Labute approximate surface area is 124 Å². The van der Waals surface area contributed by atoms with Crippen LogP contribution in [-0.2, 0) is 4.74 Å². The number of ether oxygens (including phenoxy) is 1. The Morgan fingerprint density at radius 1 is 1.29 bits per heavy atom. The van der Waals surface area contributed by atoms with Gasteiger partial charge in [-0.3, -0.25) is 4.79 Å². The SMILES string of the molecule is O=C(NCC1CCCO1)c1ccnc(NC2CCCC2)n1. The third kappa shape index (κ3) is 3.91. The van der Waals surface area contributed by atoms with E-state index in [9.17, 15) is 4.79 Å². The van der Waals surface area contributed by atoms with Crippen LogP contribution < -0.4 is 10.6 Å². The number of anilines is 1. The molecule has 0 bridgehead atoms. The summed E-state index contributed by atoms with van der Waals surface area (Å²) >= 11 is 0. The second-order valence-corrected chi connectivity index (χ2v) is 5.74. The minimum Gasteiger partial charge on any atom is -0.376 e. The summed E-state index contributed by atoms with van der Waals surface area (Å²) in [5, 5.41) is 6.19. The van der Waals surface area contributed by atoms with E-state index in [1.807, 2.05) is 0 Å². The summed E-state index contributed by atoms with van der Waals surface area (Å²) in [6.07, 6.45) is 8.66. The van der Waals surface area contributed by atoms with E-state index in [0.717, 1.165) is 32.3 Å². The fraction of sp³-hybridized carbons (Fsp3) is 0.667. The van der Waals surface area contributed by atoms with Gasteiger partial charge in [0, 0.05) is 25.4 Å². The van der Waals surface area contributed by atoms with E-state index in [4.69, 9.17) is 4.74 Å². The van der Waals surface area contributed by atoms with Crippen LogP contribution >= 0.6 is 0 Å². The zero-order valence-corrected chi connectivity index (χ0v) is 12.2. The second-order valence-electron chi connectivity index (χ2n) is 5.74. The molecule has 1 aliphatic carbocycles. The molecule has 1 aromatic rings. The number of hydrogen-bond acceptors (Lipinski definition) is 5. The van der Waals surface area contributed by atoms with Crippen molar-refractivity contribution >= 4 is 11.9 Å². The Balaban J connectivity index is 1.54. The monoisotopic (exact) mass is 290 g/mol. The first-order valence-electron chi connectivity index (χ1n) is 7.80. The number of amides is 1. The van der Waals surface area contributed by atoms with Gasteiger partial charge in [-0.1, -0.05) is 12.8 Å². The zero-order valence-electron chi connectivity index (χ0n) is 12.2. The Hall–Kier alpha value is -1.69. The summed E-state index contributed by atoms with van der Waals surface area (Å²) in [6.45, 7) is 1.34. The van der Waals surface area contributed by atoms with Crippen LogP contribution in [0.3, 0.4) is 0 Å². The maximum atomic E-state index is 12.1. The molecule has 1 saturated carbocycles. The first-order chi connectivity index (χ1) is 10.3. The molecular weight excluding hydrogens is 268 g/mol. The third-order valence-electron chi connectivity index (χ3n) is 4.09. The van der Waals surface area contributed by atoms with Gasteiger partial charge in [0.25, 0.3) is 5.91 Å². The summed E-state index contributed by atoms with van der Waals surface area (Å²) < 4.78 is 5.49. The molecule has 0 radical (unpaired) electrons. The molecule has 2 heterocycles. The molecule has 6 heteroatoms. The average Bonchev–Trinajstić information content (AvgIpc) is 3.18. The molecule has 1 aromatic heterocycles. The Bertz CT molecular complexity index is 482. The molecule has 2 N–H and O–H groups in total. The van der Waals surface area contributed by atoms with Gasteiger partial charge < -0.3 is 15.4 Å². The average molecular weight is 290 g/mol. The summed E-state index contributed by atoms with van der Waals surface area (Å²) in [5.74, 6) is 0.383. The maximum absolute atomic E-state index is 12.1. The van der Waals surface area contributed by atoms with E-state index in [1.165, 1.54) is 12.8 Å². The van der Waals surface area contributed by atoms with Gasteiger partial charge >= 0.3 is 0 Å². The number of rotatable bonds is 5. The summed E-state index contributed by atoms with van der Waals surface area (Å²) in [6, 6.07) is 2.08. The van der Waals surface area contributed by atoms with Gasteiger partial charge in [-0.25, -0.2) is 9.97 Å². The molecule has 0 spiro atoms. The van der Waals surface area contributed by atoms with Gasteiger partial charge in [0.05, 0.1) is 6.10 Å². The lowest BCUT2D eigenvalue weighted by Gasteiger charge is -2.13. The van der Waals surface area contributed by atoms with E-state index in [0.29, 0.717) is 24.2 Å². The highest BCUT2D eigenvalue weighted by Crippen LogP contribution is 2.20. The van der Waals surface area contributed by atoms with Gasteiger partial charge in [0.15, 0.2) is 0 Å². The molecule has 1 atom stereocenters. The molecule has 0 aromatic carbocycles. The first kappa shape index (κ1) is 14.3. The van der Waals surface area contributed by atoms with Gasteiger partial charge in [0.2, 0.25) is 5.95 Å². The lowest BCUT2D eigenvalue weighted by molar-refractivity contribution is 0.0853. The van der Waals surface area contributed by atoms with Crippen molar-refractivity contribution in [1.82, 2.24) is 15.3 Å². The van der Waals surface area contributed by atoms with Gasteiger partial charge in [-0.2, -0.15) is 0 Å². The predicted molar refractivity (Wildman–Crippen MR) is 79.2 cm³/mol. The molecule has 6 nitrogen and oxygen atoms in total. The van der Waals surface area contributed by atoms with Crippen molar-refractivity contribution in [1.29, 1.82) is 0 Å². The molecular formula is C15H22N4O2. The number of aromatic nitrogens is 2. The number of carbonyl (C=O) groups is 1. The minimum atomic E-state index is -0.164. The fourth-order valence-electron chi connectivity index (χ4n) is 2.91. The first-order valence-corrected chi connectivity index (χ1v) is 7.80. The molecule has 1 amide bonds. The molecule has 2 aliphatic rings. The summed E-state index contributed by atoms with van der Waals surface area (Å²) in [7, 11) is 0. The van der Waals surface area contributed by atoms with Crippen LogP contribution in [0.5, 0.6) is 0 Å². The highest BCUT2D eigenvalue weighted by molar-refractivity contribution is 5.92. The Kier molecular flexibility index (Phi) is 4.65. The molecule has 2 fully saturated rings. The molecule has 114 valence electrons. The molecule has 21 heavy (non-hydrogen) atoms. The topological polar surface area (TPSA) is 76.1 Å². The second kappa shape index (κ2) is 6.85. The molecule has 1 aliphatic heterocycles. The van der Waals surface area contributed by atoms with Crippen molar-refractivity contribution in [2.24, 2.45) is 0 Å². The highest BCUT2D eigenvalue weighted by Gasteiger charge is 2.18. The van der Waals surface area contributed by atoms with Gasteiger partial charge in [0.1, 0.15) is 5.69 Å². The van der Waals surface area contributed by atoms with E-state index in [2.05, 4.69) is 20.6 Å². The largest absolute Gasteiger partial charge is 0.376 e. The number of carbonyl (C=O) groups excluding carboxylic acids is 1. The Morgan fingerprint density at radius 3 is 2.90 bits per heavy atom. The lowest BCUT2D eigenvalue weighted by Crippen LogP contribution is -2.32. The fourth-order valence-corrected chi connectivity index (χ4v) is 2.91. The number of nitrogens with zero attached hydrogens (tertiary/aromatic N) is 2. The van der Waals surface area contributed by atoms with Crippen molar-refractivity contribution in [3.05, 3.63) is 18.0 Å². The summed E-state index contributed by atoms with van der Waals surface area (Å²) in [5.41, 5.74) is 0.406. The predicted octanol–water partition coefficient (Wildman–Crippen LogP) is 1.74. The van der Waals surface area contributed by atoms with E-state index < -0.39 is 0 Å². The van der Waals surface area contributed by atoms with Crippen LogP contribution in [0.4, 0.5) is 5.95 Å². The third-order valence-corrected chi connectivity index (χ3v) is 4.09. The van der Waals surface area contributed by atoms with E-state index in [-0.39, 0.29) is 12.0 Å². The standard InChI is InChI=1S/C15H22N4O2/c20-14(17-10-12-6-3-9-21-12)13-7-8-16-15(19-13)18-11-4-1-2-5-11/h7-8,11-12H,1-6,9-10H2,(H,17,20)(H,16,18,19). The molecule has 1 unspecified atom stereocenters. The number of nitrogens with one attached hydrogen (secondary N) is 2. The van der Waals surface area contributed by atoms with Crippen molar-refractivity contribution in [3.63, 3.8) is 0 Å². The highest BCUT2D eigenvalue weighted by atomic mass is 16.5. The lowest BCUT2D eigenvalue weighted by atomic mass is 10.2. The van der Waals surface area contributed by atoms with Crippen LogP contribution in [0.2, 0.25) is 0 Å². The maximum Gasteiger partial charge on any atom is 0.270 e. The van der Waals surface area contributed by atoms with Gasteiger partial charge in [-0.15, -0.1) is 0 Å². The Morgan fingerprint density at radius 2 is 2.14 bits per heavy atom. The van der Waals surface area contributed by atoms with Crippen LogP contribution in [0.15, 0.2) is 12.3 Å². The van der Waals surface area contributed by atoms with Crippen molar-refractivity contribution in [2.45, 2.75) is 50.7 Å². The smallest absolute Gasteiger partial charge is 0.270 e. The quantitative estimate of drug-likeness (QED) is 0.864. The molecule has 3 rings (SSSR count). The molecule has 1 saturated heterocycles. The van der Waals surface area contributed by atoms with Crippen molar-refractivity contribution in [2.75, 3.05) is 18.5 Å². The van der Waals surface area contributed by atoms with Crippen LogP contribution in [-0.4, -0.2) is 41.2 Å². The van der Waals surface area contributed by atoms with Crippen molar-refractivity contribution in [3.8, 4) is 0 Å². The summed E-state index contributed by atoms with van der Waals surface area (Å²) in [4.78, 5) is 20.6. The van der Waals surface area contributed by atoms with Crippen LogP contribution in [0, 0.1) is 0 Å². The van der Waals surface area contributed by atoms with E-state index >= 15 is 0 Å². The van der Waals surface area contributed by atoms with Crippen LogP contribution in [0.1, 0.15) is 49.0 Å². The number of hydrogen-bond donors (Lipinski definition) is 2. The van der Waals surface area contributed by atoms with E-state index in [1.54, 1.807) is 12.3 Å².